The predicted octanol–water partition coefficient (Wildman–Crippen LogP) is 12.9. The van der Waals surface area contributed by atoms with Crippen LogP contribution in [0.4, 0.5) is 0 Å². The normalized spacial score (nSPS) is 14.0. The zero-order valence-electron chi connectivity index (χ0n) is 30.0. The van der Waals surface area contributed by atoms with Gasteiger partial charge in [-0.05, 0) is 47.9 Å². The minimum Gasteiger partial charge on any atom is -0.452 e. The molecule has 0 saturated carbocycles. The molecule has 264 valence electrons. The molecule has 4 aromatic heterocycles. The topological polar surface area (TPSA) is 77.6 Å². The highest BCUT2D eigenvalue weighted by atomic mass is 32.1. The molecule has 1 aliphatic carbocycles. The van der Waals surface area contributed by atoms with E-state index < -0.39 is 0 Å². The molecule has 0 bridgehead atoms. The molecule has 1 aliphatic rings. The first-order chi connectivity index (χ1) is 27.7. The van der Waals surface area contributed by atoms with Crippen molar-refractivity contribution in [3.8, 4) is 56.7 Å². The first-order valence-electron chi connectivity index (χ1n) is 18.7. The maximum atomic E-state index is 6.39. The van der Waals surface area contributed by atoms with Crippen molar-refractivity contribution in [2.24, 2.45) is 0 Å². The molecule has 0 fully saturated rings. The SMILES string of the molecule is C1=CCC(c2nc(-c3ccc4c(c3)sc3cccc(-c5nc(-c6ccccc6)nc(-c6cccc(-c7ccccc7)c6)n5)c34)nc3c2oc2ccccc23)C=C1. The maximum Gasteiger partial charge on any atom is 0.176 e. The van der Waals surface area contributed by atoms with Gasteiger partial charge in [-0.2, -0.15) is 0 Å². The molecule has 0 N–H and O–H groups in total. The molecule has 1 atom stereocenters. The Labute approximate surface area is 326 Å². The molecular weight excluding hydrogens is 707 g/mol. The summed E-state index contributed by atoms with van der Waals surface area (Å²) in [5.74, 6) is 2.69. The lowest BCUT2D eigenvalue weighted by atomic mass is 9.96. The molecule has 7 heteroatoms. The summed E-state index contributed by atoms with van der Waals surface area (Å²) in [5, 5.41) is 3.24. The van der Waals surface area contributed by atoms with Crippen molar-refractivity contribution in [3.05, 3.63) is 176 Å². The Kier molecular flexibility index (Phi) is 7.70. The van der Waals surface area contributed by atoms with Gasteiger partial charge >= 0.3 is 0 Å². The molecule has 10 aromatic rings. The summed E-state index contributed by atoms with van der Waals surface area (Å²) in [5.41, 5.74) is 9.37. The van der Waals surface area contributed by atoms with E-state index >= 15 is 0 Å². The van der Waals surface area contributed by atoms with E-state index in [1.807, 2.05) is 54.6 Å². The Bertz CT molecular complexity index is 3180. The maximum absolute atomic E-state index is 6.39. The molecule has 6 aromatic carbocycles. The monoisotopic (exact) mass is 737 g/mol. The summed E-state index contributed by atoms with van der Waals surface area (Å²) in [7, 11) is 0. The summed E-state index contributed by atoms with van der Waals surface area (Å²) < 4.78 is 8.69. The number of thiophene rings is 1. The molecule has 0 aliphatic heterocycles. The largest absolute Gasteiger partial charge is 0.452 e. The van der Waals surface area contributed by atoms with Gasteiger partial charge in [0.2, 0.25) is 0 Å². The number of rotatable bonds is 6. The van der Waals surface area contributed by atoms with Crippen molar-refractivity contribution in [2.75, 3.05) is 0 Å². The van der Waals surface area contributed by atoms with E-state index in [1.54, 1.807) is 11.3 Å². The van der Waals surface area contributed by atoms with E-state index in [4.69, 9.17) is 29.3 Å². The highest BCUT2D eigenvalue weighted by Gasteiger charge is 2.23. The molecule has 1 unspecified atom stereocenters. The van der Waals surface area contributed by atoms with Crippen molar-refractivity contribution >= 4 is 53.6 Å². The van der Waals surface area contributed by atoms with Crippen LogP contribution in [0.2, 0.25) is 0 Å². The quantitative estimate of drug-likeness (QED) is 0.169. The first kappa shape index (κ1) is 32.3. The number of para-hydroxylation sites is 1. The van der Waals surface area contributed by atoms with Gasteiger partial charge in [-0.25, -0.2) is 24.9 Å². The van der Waals surface area contributed by atoms with Crippen LogP contribution in [-0.4, -0.2) is 24.9 Å². The zero-order valence-corrected chi connectivity index (χ0v) is 30.8. The van der Waals surface area contributed by atoms with E-state index in [0.29, 0.717) is 23.3 Å². The van der Waals surface area contributed by atoms with Gasteiger partial charge in [-0.3, -0.25) is 0 Å². The molecule has 0 amide bonds. The summed E-state index contributed by atoms with van der Waals surface area (Å²) in [6.07, 6.45) is 9.42. The van der Waals surface area contributed by atoms with Crippen molar-refractivity contribution < 1.29 is 4.42 Å². The fourth-order valence-electron chi connectivity index (χ4n) is 7.74. The summed E-state index contributed by atoms with van der Waals surface area (Å²) >= 11 is 1.75. The highest BCUT2D eigenvalue weighted by molar-refractivity contribution is 7.26. The fourth-order valence-corrected chi connectivity index (χ4v) is 8.91. The summed E-state index contributed by atoms with van der Waals surface area (Å²) in [6.45, 7) is 0. The van der Waals surface area contributed by atoms with Gasteiger partial charge < -0.3 is 4.42 Å². The number of hydrogen-bond acceptors (Lipinski definition) is 7. The summed E-state index contributed by atoms with van der Waals surface area (Å²) in [6, 6.07) is 50.0. The van der Waals surface area contributed by atoms with E-state index in [1.165, 1.54) is 0 Å². The van der Waals surface area contributed by atoms with Gasteiger partial charge in [0.1, 0.15) is 11.1 Å². The van der Waals surface area contributed by atoms with Crippen LogP contribution in [0.1, 0.15) is 18.0 Å². The Hall–Kier alpha value is -7.09. The first-order valence-corrected chi connectivity index (χ1v) is 19.5. The third-order valence-corrected chi connectivity index (χ3v) is 11.6. The lowest BCUT2D eigenvalue weighted by molar-refractivity contribution is 0.649. The van der Waals surface area contributed by atoms with Crippen LogP contribution in [0.25, 0.3) is 98.9 Å². The second-order valence-electron chi connectivity index (χ2n) is 14.0. The van der Waals surface area contributed by atoms with Crippen LogP contribution in [0.15, 0.2) is 174 Å². The molecule has 4 heterocycles. The van der Waals surface area contributed by atoms with Gasteiger partial charge in [-0.1, -0.05) is 140 Å². The van der Waals surface area contributed by atoms with Gasteiger partial charge in [0, 0.05) is 53.7 Å². The highest BCUT2D eigenvalue weighted by Crippen LogP contribution is 2.42. The van der Waals surface area contributed by atoms with Crippen LogP contribution < -0.4 is 0 Å². The van der Waals surface area contributed by atoms with Gasteiger partial charge in [0.05, 0.1) is 5.69 Å². The Morgan fingerprint density at radius 3 is 2.04 bits per heavy atom. The van der Waals surface area contributed by atoms with E-state index in [2.05, 4.69) is 115 Å². The minimum absolute atomic E-state index is 0.104. The van der Waals surface area contributed by atoms with Crippen molar-refractivity contribution in [1.82, 2.24) is 24.9 Å². The van der Waals surface area contributed by atoms with Crippen LogP contribution >= 0.6 is 11.3 Å². The lowest BCUT2D eigenvalue weighted by Crippen LogP contribution is -2.03. The van der Waals surface area contributed by atoms with Crippen molar-refractivity contribution in [1.29, 1.82) is 0 Å². The Balaban J connectivity index is 1.07. The zero-order chi connectivity index (χ0) is 37.0. The third-order valence-electron chi connectivity index (χ3n) is 10.5. The number of fused-ring (bicyclic) bond motifs is 6. The second-order valence-corrected chi connectivity index (χ2v) is 15.1. The Morgan fingerprint density at radius 1 is 0.500 bits per heavy atom. The van der Waals surface area contributed by atoms with Crippen molar-refractivity contribution in [2.45, 2.75) is 12.3 Å². The van der Waals surface area contributed by atoms with Gasteiger partial charge in [-0.15, -0.1) is 11.3 Å². The minimum atomic E-state index is 0.104. The van der Waals surface area contributed by atoms with Crippen molar-refractivity contribution in [3.63, 3.8) is 0 Å². The molecule has 6 nitrogen and oxygen atoms in total. The molecule has 0 radical (unpaired) electrons. The molecule has 0 spiro atoms. The average molecular weight is 738 g/mol. The van der Waals surface area contributed by atoms with Gasteiger partial charge in [0.25, 0.3) is 0 Å². The molecule has 11 rings (SSSR count). The second kappa shape index (κ2) is 13.3. The molecule has 56 heavy (non-hydrogen) atoms. The van der Waals surface area contributed by atoms with Crippen LogP contribution in [0.5, 0.6) is 0 Å². The lowest BCUT2D eigenvalue weighted by Gasteiger charge is -2.14. The van der Waals surface area contributed by atoms with Crippen LogP contribution in [0.3, 0.4) is 0 Å². The summed E-state index contributed by atoms with van der Waals surface area (Å²) in [4.78, 5) is 25.7. The average Bonchev–Trinajstić information content (AvgIpc) is 3.85. The van der Waals surface area contributed by atoms with Crippen LogP contribution in [0, 0.1) is 0 Å². The molecular formula is C49H31N5OS. The van der Waals surface area contributed by atoms with E-state index in [-0.39, 0.29) is 5.92 Å². The number of hydrogen-bond donors (Lipinski definition) is 0. The van der Waals surface area contributed by atoms with E-state index in [0.717, 1.165) is 87.7 Å². The third kappa shape index (κ3) is 5.60. The fraction of sp³-hybridized carbons (Fsp3) is 0.0408. The predicted molar refractivity (Wildman–Crippen MR) is 228 cm³/mol. The van der Waals surface area contributed by atoms with E-state index in [9.17, 15) is 0 Å². The molecule has 0 saturated heterocycles. The number of benzene rings is 6. The smallest absolute Gasteiger partial charge is 0.176 e. The number of nitrogens with zero attached hydrogens (tertiary/aromatic N) is 5. The number of allylic oxidation sites excluding steroid dienone is 4. The van der Waals surface area contributed by atoms with Crippen LogP contribution in [-0.2, 0) is 0 Å². The standard InChI is InChI=1S/C49H31N5OS/c1-4-14-30(15-5-1)33-20-12-21-34(28-33)48-52-46(32-18-8-3-9-19-32)53-49(54-48)38-23-13-25-40-42(38)37-27-26-35(29-41(37)56-40)47-50-43(31-16-6-2-7-17-31)45-44(51-47)36-22-10-11-24-39(36)55-45/h1-16,18-29,31H,17H2. The number of furan rings is 1. The Morgan fingerprint density at radius 2 is 1.20 bits per heavy atom. The van der Waals surface area contributed by atoms with Gasteiger partial charge in [0.15, 0.2) is 28.9 Å². The number of aromatic nitrogens is 5.